The average Bonchev–Trinajstić information content (AvgIpc) is 2.97. The monoisotopic (exact) mass is 620 g/mol. The van der Waals surface area contributed by atoms with Gasteiger partial charge in [-0.15, -0.1) is 0 Å². The molecule has 3 rings (SSSR count). The first-order valence-electron chi connectivity index (χ1n) is 15.7. The van der Waals surface area contributed by atoms with Crippen LogP contribution in [0.1, 0.15) is 69.9 Å². The highest BCUT2D eigenvalue weighted by atomic mass is 16.7. The lowest BCUT2D eigenvalue weighted by molar-refractivity contribution is -0.307. The molecule has 0 spiro atoms. The van der Waals surface area contributed by atoms with Crippen molar-refractivity contribution in [2.24, 2.45) is 0 Å². The molecule has 1 aliphatic rings. The van der Waals surface area contributed by atoms with E-state index in [-0.39, 0.29) is 58.0 Å². The van der Waals surface area contributed by atoms with Crippen molar-refractivity contribution < 1.29 is 48.8 Å². The minimum Gasteiger partial charge on any atom is -0.396 e. The van der Waals surface area contributed by atoms with Crippen molar-refractivity contribution in [1.82, 2.24) is 0 Å². The number of hydrogen-bond donors (Lipinski definition) is 4. The average molecular weight is 621 g/mol. The van der Waals surface area contributed by atoms with Gasteiger partial charge >= 0.3 is 0 Å². The first-order valence-corrected chi connectivity index (χ1v) is 15.7. The van der Waals surface area contributed by atoms with E-state index in [1.807, 2.05) is 74.5 Å². The molecule has 0 saturated carbocycles. The minimum atomic E-state index is -0.862. The third-order valence-corrected chi connectivity index (χ3v) is 7.47. The molecule has 2 aromatic carbocycles. The van der Waals surface area contributed by atoms with Crippen molar-refractivity contribution in [3.63, 3.8) is 0 Å². The van der Waals surface area contributed by atoms with Gasteiger partial charge in [0.15, 0.2) is 5.79 Å². The van der Waals surface area contributed by atoms with Gasteiger partial charge in [0.25, 0.3) is 0 Å². The van der Waals surface area contributed by atoms with Crippen molar-refractivity contribution in [3.8, 4) is 0 Å². The summed E-state index contributed by atoms with van der Waals surface area (Å²) >= 11 is 0. The second-order valence-electron chi connectivity index (χ2n) is 11.9. The SMILES string of the molecule is CC1(C)O[C@@H](C[C@@H](O)C[C@H](O)C[C@H](CCO)OCOCc2ccccc2)C[C@H](C[C@H](CCO)OCOCc2ccccc2)O1. The van der Waals surface area contributed by atoms with Gasteiger partial charge in [0, 0.05) is 26.1 Å². The minimum absolute atomic E-state index is 0.0177. The highest BCUT2D eigenvalue weighted by Gasteiger charge is 2.37. The molecule has 1 heterocycles. The Bertz CT molecular complexity index is 992. The molecular formula is C34H52O10. The second kappa shape index (κ2) is 20.2. The molecule has 0 amide bonds. The van der Waals surface area contributed by atoms with Crippen molar-refractivity contribution in [1.29, 1.82) is 0 Å². The van der Waals surface area contributed by atoms with Crippen LogP contribution >= 0.6 is 0 Å². The molecule has 2 aromatic rings. The lowest BCUT2D eigenvalue weighted by atomic mass is 9.95. The molecule has 4 N–H and O–H groups in total. The molecule has 0 aromatic heterocycles. The molecule has 1 fully saturated rings. The summed E-state index contributed by atoms with van der Waals surface area (Å²) < 4.78 is 35.2. The Morgan fingerprint density at radius 2 is 1.20 bits per heavy atom. The number of hydrogen-bond acceptors (Lipinski definition) is 10. The van der Waals surface area contributed by atoms with Gasteiger partial charge in [0.1, 0.15) is 13.6 Å². The molecular weight excluding hydrogens is 568 g/mol. The van der Waals surface area contributed by atoms with Crippen LogP contribution in [0.25, 0.3) is 0 Å². The Morgan fingerprint density at radius 1 is 0.705 bits per heavy atom. The Hall–Kier alpha value is -1.96. The van der Waals surface area contributed by atoms with E-state index in [1.54, 1.807) is 0 Å². The molecule has 248 valence electrons. The van der Waals surface area contributed by atoms with Crippen LogP contribution in [0, 0.1) is 0 Å². The summed E-state index contributed by atoms with van der Waals surface area (Å²) in [5.74, 6) is -0.862. The molecule has 44 heavy (non-hydrogen) atoms. The first kappa shape index (κ1) is 36.5. The van der Waals surface area contributed by atoms with Gasteiger partial charge in [-0.3, -0.25) is 0 Å². The third kappa shape index (κ3) is 14.9. The zero-order chi connectivity index (χ0) is 31.6. The number of rotatable bonds is 22. The maximum absolute atomic E-state index is 10.8. The van der Waals surface area contributed by atoms with Crippen molar-refractivity contribution >= 4 is 0 Å². The molecule has 0 unspecified atom stereocenters. The van der Waals surface area contributed by atoms with Crippen LogP contribution in [0.2, 0.25) is 0 Å². The Balaban J connectivity index is 1.40. The highest BCUT2D eigenvalue weighted by molar-refractivity contribution is 5.14. The van der Waals surface area contributed by atoms with E-state index in [0.29, 0.717) is 45.3 Å². The standard InChI is InChI=1S/C34H52O10/c1-34(2)43-32(21-33(44-34)20-31(14-16-36)42-25-40-23-27-11-7-4-8-12-27)19-29(38)17-28(37)18-30(13-15-35)41-24-39-22-26-9-5-3-6-10-26/h3-12,28-33,35-38H,13-25H2,1-2H3/t28-,29-,30-,31-,32-,33-/m0/s1. The molecule has 0 radical (unpaired) electrons. The van der Waals surface area contributed by atoms with E-state index in [0.717, 1.165) is 11.1 Å². The van der Waals surface area contributed by atoms with Gasteiger partial charge in [0.05, 0.1) is 49.8 Å². The van der Waals surface area contributed by atoms with Gasteiger partial charge in [-0.2, -0.15) is 0 Å². The Morgan fingerprint density at radius 3 is 1.75 bits per heavy atom. The molecule has 1 aliphatic heterocycles. The smallest absolute Gasteiger partial charge is 0.163 e. The normalized spacial score (nSPS) is 21.0. The summed E-state index contributed by atoms with van der Waals surface area (Å²) in [6.45, 7) is 4.58. The van der Waals surface area contributed by atoms with E-state index in [9.17, 15) is 20.4 Å². The number of ether oxygens (including phenoxy) is 6. The summed E-state index contributed by atoms with van der Waals surface area (Å²) in [5, 5.41) is 40.6. The highest BCUT2D eigenvalue weighted by Crippen LogP contribution is 2.32. The maximum Gasteiger partial charge on any atom is 0.163 e. The van der Waals surface area contributed by atoms with Crippen LogP contribution in [0.4, 0.5) is 0 Å². The summed E-state index contributed by atoms with van der Waals surface area (Å²) in [7, 11) is 0. The van der Waals surface area contributed by atoms with Gasteiger partial charge in [-0.25, -0.2) is 0 Å². The summed E-state index contributed by atoms with van der Waals surface area (Å²) in [5.41, 5.74) is 2.09. The first-order chi connectivity index (χ1) is 21.3. The third-order valence-electron chi connectivity index (χ3n) is 7.47. The van der Waals surface area contributed by atoms with E-state index in [4.69, 9.17) is 28.4 Å². The van der Waals surface area contributed by atoms with Gasteiger partial charge in [-0.1, -0.05) is 60.7 Å². The fourth-order valence-corrected chi connectivity index (χ4v) is 5.50. The van der Waals surface area contributed by atoms with Crippen LogP contribution in [-0.2, 0) is 41.6 Å². The van der Waals surface area contributed by atoms with Crippen LogP contribution in [-0.4, -0.2) is 89.6 Å². The van der Waals surface area contributed by atoms with E-state index in [2.05, 4.69) is 0 Å². The van der Waals surface area contributed by atoms with Crippen molar-refractivity contribution in [2.45, 2.75) is 114 Å². The van der Waals surface area contributed by atoms with Crippen LogP contribution in [0.3, 0.4) is 0 Å². The van der Waals surface area contributed by atoms with Crippen LogP contribution in [0.15, 0.2) is 60.7 Å². The van der Waals surface area contributed by atoms with E-state index in [1.165, 1.54) is 0 Å². The van der Waals surface area contributed by atoms with Crippen molar-refractivity contribution in [3.05, 3.63) is 71.8 Å². The molecule has 6 atom stereocenters. The zero-order valence-corrected chi connectivity index (χ0v) is 26.2. The Labute approximate surface area is 261 Å². The molecule has 1 saturated heterocycles. The van der Waals surface area contributed by atoms with E-state index < -0.39 is 24.1 Å². The summed E-state index contributed by atoms with van der Waals surface area (Å²) in [6, 6.07) is 19.6. The Kier molecular flexibility index (Phi) is 16.8. The van der Waals surface area contributed by atoms with E-state index >= 15 is 0 Å². The number of benzene rings is 2. The molecule has 0 aliphatic carbocycles. The predicted octanol–water partition coefficient (Wildman–Crippen LogP) is 4.06. The van der Waals surface area contributed by atoms with Gasteiger partial charge in [-0.05, 0) is 57.1 Å². The predicted molar refractivity (Wildman–Crippen MR) is 164 cm³/mol. The largest absolute Gasteiger partial charge is 0.396 e. The molecule has 0 bridgehead atoms. The fraction of sp³-hybridized carbons (Fsp3) is 0.647. The second-order valence-corrected chi connectivity index (χ2v) is 11.9. The quantitative estimate of drug-likeness (QED) is 0.113. The lowest BCUT2D eigenvalue weighted by Gasteiger charge is -2.42. The van der Waals surface area contributed by atoms with Gasteiger partial charge in [0.2, 0.25) is 0 Å². The number of aliphatic hydroxyl groups is 4. The summed E-state index contributed by atoms with van der Waals surface area (Å²) in [4.78, 5) is 0. The topological polar surface area (TPSA) is 136 Å². The van der Waals surface area contributed by atoms with Crippen molar-refractivity contribution in [2.75, 3.05) is 26.8 Å². The molecule has 10 heteroatoms. The number of aliphatic hydroxyl groups excluding tert-OH is 4. The lowest BCUT2D eigenvalue weighted by Crippen LogP contribution is -2.47. The molecule has 10 nitrogen and oxygen atoms in total. The maximum atomic E-state index is 10.8. The van der Waals surface area contributed by atoms with Crippen LogP contribution < -0.4 is 0 Å². The van der Waals surface area contributed by atoms with Gasteiger partial charge < -0.3 is 48.8 Å². The zero-order valence-electron chi connectivity index (χ0n) is 26.2. The summed E-state index contributed by atoms with van der Waals surface area (Å²) in [6.07, 6.45) is -0.137. The fourth-order valence-electron chi connectivity index (χ4n) is 5.50. The van der Waals surface area contributed by atoms with Crippen LogP contribution in [0.5, 0.6) is 0 Å².